The van der Waals surface area contributed by atoms with E-state index in [4.69, 9.17) is 4.74 Å². The fourth-order valence-corrected chi connectivity index (χ4v) is 3.92. The Hall–Kier alpha value is -2.80. The summed E-state index contributed by atoms with van der Waals surface area (Å²) in [6.07, 6.45) is 6.20. The highest BCUT2D eigenvalue weighted by atomic mass is 32.1. The third-order valence-electron chi connectivity index (χ3n) is 4.98. The van der Waals surface area contributed by atoms with Crippen LogP contribution in [-0.4, -0.2) is 18.0 Å². The Labute approximate surface area is 191 Å². The minimum atomic E-state index is 0.568. The Kier molecular flexibility index (Phi) is 9.44. The van der Waals surface area contributed by atoms with E-state index in [-0.39, 0.29) is 0 Å². The smallest absolute Gasteiger partial charge is 0.120 e. The fraction of sp³-hybridized carbons (Fsp3) is 0.286. The predicted molar refractivity (Wildman–Crippen MR) is 133 cm³/mol. The van der Waals surface area contributed by atoms with Gasteiger partial charge in [0.05, 0.1) is 0 Å². The van der Waals surface area contributed by atoms with Crippen LogP contribution in [-0.2, 0) is 13.2 Å². The standard InChI is InChI=1S/C28H31NOS/c1-3-5-6-7-8-9-17-29(4-2)21-24-12-11-15-28(20-24)30-22-25-13-10-14-26(19-25)27-16-18-31-23-27/h8-16,18-20,23H,3-5,17,21-22H2,1-2H3. The molecule has 0 aliphatic rings. The van der Waals surface area contributed by atoms with Crippen molar-refractivity contribution < 1.29 is 4.74 Å². The maximum atomic E-state index is 6.11. The molecule has 0 spiro atoms. The van der Waals surface area contributed by atoms with Crippen molar-refractivity contribution in [3.05, 3.63) is 88.6 Å². The van der Waals surface area contributed by atoms with Crippen molar-refractivity contribution in [1.82, 2.24) is 4.90 Å². The highest BCUT2D eigenvalue weighted by Crippen LogP contribution is 2.24. The van der Waals surface area contributed by atoms with E-state index in [9.17, 15) is 0 Å². The van der Waals surface area contributed by atoms with E-state index < -0.39 is 0 Å². The van der Waals surface area contributed by atoms with Gasteiger partial charge in [-0.15, -0.1) is 0 Å². The number of hydrogen-bond acceptors (Lipinski definition) is 3. The lowest BCUT2D eigenvalue weighted by Gasteiger charge is -2.19. The summed E-state index contributed by atoms with van der Waals surface area (Å²) in [5, 5.41) is 4.29. The Morgan fingerprint density at radius 1 is 1.00 bits per heavy atom. The molecular formula is C28H31NOS. The van der Waals surface area contributed by atoms with Crippen molar-refractivity contribution in [2.45, 2.75) is 39.8 Å². The molecule has 1 aromatic heterocycles. The van der Waals surface area contributed by atoms with Gasteiger partial charge in [0, 0.05) is 19.5 Å². The van der Waals surface area contributed by atoms with Crippen LogP contribution < -0.4 is 4.74 Å². The van der Waals surface area contributed by atoms with Gasteiger partial charge in [-0.25, -0.2) is 0 Å². The number of likely N-dealkylation sites (N-methyl/N-ethyl adjacent to an activating group) is 1. The summed E-state index contributed by atoms with van der Waals surface area (Å²) in [6, 6.07) is 19.2. The van der Waals surface area contributed by atoms with Crippen LogP contribution in [0.2, 0.25) is 0 Å². The molecule has 160 valence electrons. The van der Waals surface area contributed by atoms with Crippen LogP contribution in [0.3, 0.4) is 0 Å². The van der Waals surface area contributed by atoms with Gasteiger partial charge in [-0.05, 0) is 76.3 Å². The molecule has 0 bridgehead atoms. The van der Waals surface area contributed by atoms with Gasteiger partial charge < -0.3 is 4.74 Å². The summed E-state index contributed by atoms with van der Waals surface area (Å²) in [6.45, 7) is 7.70. The van der Waals surface area contributed by atoms with Crippen molar-refractivity contribution in [3.63, 3.8) is 0 Å². The summed E-state index contributed by atoms with van der Waals surface area (Å²) in [7, 11) is 0. The molecule has 0 N–H and O–H groups in total. The van der Waals surface area contributed by atoms with Gasteiger partial charge in [-0.1, -0.05) is 62.1 Å². The van der Waals surface area contributed by atoms with Gasteiger partial charge in [0.15, 0.2) is 0 Å². The normalized spacial score (nSPS) is 10.9. The van der Waals surface area contributed by atoms with Gasteiger partial charge >= 0.3 is 0 Å². The van der Waals surface area contributed by atoms with Gasteiger partial charge in [0.25, 0.3) is 0 Å². The van der Waals surface area contributed by atoms with E-state index in [2.05, 4.69) is 96.0 Å². The molecule has 0 saturated heterocycles. The van der Waals surface area contributed by atoms with E-state index in [0.717, 1.165) is 38.2 Å². The first-order valence-electron chi connectivity index (χ1n) is 11.0. The number of ether oxygens (including phenoxy) is 1. The van der Waals surface area contributed by atoms with Gasteiger partial charge in [0.1, 0.15) is 12.4 Å². The van der Waals surface area contributed by atoms with Gasteiger partial charge in [0.2, 0.25) is 0 Å². The molecule has 31 heavy (non-hydrogen) atoms. The largest absolute Gasteiger partial charge is 0.489 e. The molecular weight excluding hydrogens is 398 g/mol. The van der Waals surface area contributed by atoms with Crippen molar-refractivity contribution in [3.8, 4) is 28.7 Å². The third kappa shape index (κ3) is 7.75. The molecule has 0 aliphatic heterocycles. The van der Waals surface area contributed by atoms with Crippen LogP contribution in [0.4, 0.5) is 0 Å². The molecule has 3 aromatic rings. The average Bonchev–Trinajstić information content (AvgIpc) is 3.35. The second kappa shape index (κ2) is 12.8. The molecule has 0 radical (unpaired) electrons. The number of rotatable bonds is 10. The van der Waals surface area contributed by atoms with E-state index >= 15 is 0 Å². The molecule has 3 heteroatoms. The zero-order valence-electron chi connectivity index (χ0n) is 18.5. The predicted octanol–water partition coefficient (Wildman–Crippen LogP) is 7.18. The lowest BCUT2D eigenvalue weighted by Crippen LogP contribution is -2.22. The van der Waals surface area contributed by atoms with Crippen LogP contribution in [0, 0.1) is 11.8 Å². The molecule has 1 heterocycles. The van der Waals surface area contributed by atoms with Crippen LogP contribution in [0.25, 0.3) is 11.1 Å². The molecule has 0 saturated carbocycles. The topological polar surface area (TPSA) is 12.5 Å². The van der Waals surface area contributed by atoms with Crippen LogP contribution >= 0.6 is 11.3 Å². The highest BCUT2D eigenvalue weighted by Gasteiger charge is 2.05. The minimum absolute atomic E-state index is 0.568. The first kappa shape index (κ1) is 22.9. The van der Waals surface area contributed by atoms with Crippen LogP contribution in [0.5, 0.6) is 5.75 Å². The van der Waals surface area contributed by atoms with Crippen molar-refractivity contribution >= 4 is 11.3 Å². The maximum absolute atomic E-state index is 6.11. The lowest BCUT2D eigenvalue weighted by molar-refractivity contribution is 0.299. The van der Waals surface area contributed by atoms with Crippen LogP contribution in [0.15, 0.2) is 77.5 Å². The second-order valence-electron chi connectivity index (χ2n) is 7.45. The molecule has 0 aliphatic carbocycles. The summed E-state index contributed by atoms with van der Waals surface area (Å²) in [4.78, 5) is 2.39. The number of thiophene rings is 1. The molecule has 0 atom stereocenters. The second-order valence-corrected chi connectivity index (χ2v) is 8.23. The lowest BCUT2D eigenvalue weighted by atomic mass is 10.1. The maximum Gasteiger partial charge on any atom is 0.120 e. The zero-order valence-corrected chi connectivity index (χ0v) is 19.3. The molecule has 0 amide bonds. The number of unbranched alkanes of at least 4 members (excludes halogenated alkanes) is 1. The molecule has 3 rings (SSSR count). The number of hydrogen-bond donors (Lipinski definition) is 0. The molecule has 0 fully saturated rings. The van der Waals surface area contributed by atoms with Crippen LogP contribution in [0.1, 0.15) is 37.8 Å². The summed E-state index contributed by atoms with van der Waals surface area (Å²) in [5.41, 5.74) is 4.94. The number of nitrogens with zero attached hydrogens (tertiary/aromatic N) is 1. The van der Waals surface area contributed by atoms with E-state index in [0.29, 0.717) is 6.61 Å². The van der Waals surface area contributed by atoms with E-state index in [1.54, 1.807) is 11.3 Å². The Morgan fingerprint density at radius 3 is 2.68 bits per heavy atom. The monoisotopic (exact) mass is 429 g/mol. The average molecular weight is 430 g/mol. The minimum Gasteiger partial charge on any atom is -0.489 e. The SMILES string of the molecule is CCCC#CC=CCN(CC)Cc1cccc(OCc2cccc(-c3ccsc3)c2)c1. The quantitative estimate of drug-likeness (QED) is 0.317. The molecule has 2 nitrogen and oxygen atoms in total. The zero-order chi connectivity index (χ0) is 21.7. The van der Waals surface area contributed by atoms with Crippen molar-refractivity contribution in [2.75, 3.05) is 13.1 Å². The first-order chi connectivity index (χ1) is 15.3. The highest BCUT2D eigenvalue weighted by molar-refractivity contribution is 7.08. The van der Waals surface area contributed by atoms with Crippen molar-refractivity contribution in [2.24, 2.45) is 0 Å². The Morgan fingerprint density at radius 2 is 1.87 bits per heavy atom. The fourth-order valence-electron chi connectivity index (χ4n) is 3.25. The van der Waals surface area contributed by atoms with E-state index in [1.165, 1.54) is 22.3 Å². The summed E-state index contributed by atoms with van der Waals surface area (Å²) in [5.74, 6) is 7.17. The van der Waals surface area contributed by atoms with E-state index in [1.807, 2.05) is 12.1 Å². The third-order valence-corrected chi connectivity index (χ3v) is 5.66. The Bertz CT molecular complexity index is 1010. The summed E-state index contributed by atoms with van der Waals surface area (Å²) < 4.78 is 6.11. The van der Waals surface area contributed by atoms with Crippen molar-refractivity contribution in [1.29, 1.82) is 0 Å². The summed E-state index contributed by atoms with van der Waals surface area (Å²) >= 11 is 1.72. The first-order valence-corrected chi connectivity index (χ1v) is 11.9. The molecule has 0 unspecified atom stereocenters. The van der Waals surface area contributed by atoms with Gasteiger partial charge in [-0.3, -0.25) is 4.90 Å². The number of benzene rings is 2. The Balaban J connectivity index is 1.55. The molecule has 2 aromatic carbocycles. The number of allylic oxidation sites excluding steroid dienone is 1. The van der Waals surface area contributed by atoms with Gasteiger partial charge in [-0.2, -0.15) is 11.3 Å².